The van der Waals surface area contributed by atoms with Gasteiger partial charge < -0.3 is 15.5 Å². The normalized spacial score (nSPS) is 9.65. The molecule has 0 bridgehead atoms. The number of pyridine rings is 1. The van der Waals surface area contributed by atoms with Gasteiger partial charge in [0.05, 0.1) is 18.3 Å². The van der Waals surface area contributed by atoms with Crippen LogP contribution in [0.3, 0.4) is 0 Å². The van der Waals surface area contributed by atoms with Crippen LogP contribution in [0.5, 0.6) is 5.75 Å². The lowest BCUT2D eigenvalue weighted by atomic mass is 10.2. The van der Waals surface area contributed by atoms with E-state index in [-0.39, 0.29) is 23.8 Å². The van der Waals surface area contributed by atoms with E-state index >= 15 is 0 Å². The third kappa shape index (κ3) is 3.35. The first-order valence-corrected chi connectivity index (χ1v) is 6.67. The molecule has 5 nitrogen and oxygen atoms in total. The number of aliphatic hydroxyl groups excluding tert-OH is 1. The summed E-state index contributed by atoms with van der Waals surface area (Å²) < 4.78 is 0. The Labute approximate surface area is 119 Å². The molecular weight excluding hydrogens is 276 g/mol. The van der Waals surface area contributed by atoms with E-state index < -0.39 is 0 Å². The predicted octanol–water partition coefficient (Wildman–Crippen LogP) is 1.12. The number of carbonyl (C=O) groups excluding carboxylic acids is 1. The number of carbonyl (C=O) groups is 1. The van der Waals surface area contributed by atoms with Gasteiger partial charge >= 0.3 is 0 Å². The van der Waals surface area contributed by atoms with Crippen LogP contribution in [-0.4, -0.2) is 27.7 Å². The Kier molecular flexibility index (Phi) is 4.71. The number of hydrogen-bond acceptors (Lipinski definition) is 5. The smallest absolute Gasteiger partial charge is 0.255 e. The molecule has 0 aliphatic carbocycles. The minimum Gasteiger partial charge on any atom is -0.505 e. The summed E-state index contributed by atoms with van der Waals surface area (Å²) in [6.07, 6.45) is 2.66. The van der Waals surface area contributed by atoms with Gasteiger partial charge in [-0.15, -0.1) is 11.3 Å². The Morgan fingerprint density at radius 1 is 1.45 bits per heavy atom. The highest BCUT2D eigenvalue weighted by Crippen LogP contribution is 2.17. The molecule has 0 saturated carbocycles. The van der Waals surface area contributed by atoms with Crippen LogP contribution in [-0.2, 0) is 6.54 Å². The fourth-order valence-corrected chi connectivity index (χ4v) is 2.33. The van der Waals surface area contributed by atoms with Crippen LogP contribution in [0.1, 0.15) is 20.8 Å². The van der Waals surface area contributed by atoms with Crippen LogP contribution in [0.2, 0.25) is 0 Å². The molecule has 2 rings (SSSR count). The molecule has 0 aliphatic heterocycles. The van der Waals surface area contributed by atoms with E-state index in [9.17, 15) is 9.90 Å². The number of amides is 1. The van der Waals surface area contributed by atoms with Gasteiger partial charge in [0.15, 0.2) is 0 Å². The fourth-order valence-electron chi connectivity index (χ4n) is 1.56. The van der Waals surface area contributed by atoms with Gasteiger partial charge in [-0.25, -0.2) is 0 Å². The molecule has 0 aliphatic rings. The van der Waals surface area contributed by atoms with Gasteiger partial charge in [-0.2, -0.15) is 0 Å². The zero-order chi connectivity index (χ0) is 14.4. The maximum atomic E-state index is 11.9. The van der Waals surface area contributed by atoms with Crippen molar-refractivity contribution in [2.24, 2.45) is 0 Å². The summed E-state index contributed by atoms with van der Waals surface area (Å²) in [5, 5.41) is 22.8. The van der Waals surface area contributed by atoms with Gasteiger partial charge in [-0.3, -0.25) is 9.78 Å². The highest BCUT2D eigenvalue weighted by molar-refractivity contribution is 7.10. The molecule has 6 heteroatoms. The molecule has 102 valence electrons. The Bertz CT molecular complexity index is 670. The van der Waals surface area contributed by atoms with Crippen LogP contribution in [0.4, 0.5) is 0 Å². The summed E-state index contributed by atoms with van der Waals surface area (Å²) >= 11 is 1.47. The van der Waals surface area contributed by atoms with E-state index in [0.717, 1.165) is 10.4 Å². The number of thiophene rings is 1. The zero-order valence-electron chi connectivity index (χ0n) is 10.5. The molecule has 0 unspecified atom stereocenters. The molecule has 1 amide bonds. The number of aromatic nitrogens is 1. The third-order valence-corrected chi connectivity index (χ3v) is 3.42. The van der Waals surface area contributed by atoms with Crippen LogP contribution in [0.15, 0.2) is 29.9 Å². The van der Waals surface area contributed by atoms with E-state index in [2.05, 4.69) is 22.1 Å². The Morgan fingerprint density at radius 3 is 3.05 bits per heavy atom. The molecular formula is C14H12N2O3S. The second kappa shape index (κ2) is 6.70. The lowest BCUT2D eigenvalue weighted by Crippen LogP contribution is -2.22. The van der Waals surface area contributed by atoms with Gasteiger partial charge in [0, 0.05) is 16.6 Å². The van der Waals surface area contributed by atoms with Gasteiger partial charge in [-0.1, -0.05) is 11.8 Å². The first kappa shape index (κ1) is 14.1. The minimum absolute atomic E-state index is 0.156. The SMILES string of the molecule is O=C(NCc1sccc1C#CCO)c1ccncc1O. The maximum Gasteiger partial charge on any atom is 0.255 e. The quantitative estimate of drug-likeness (QED) is 0.739. The van der Waals surface area contributed by atoms with Crippen LogP contribution < -0.4 is 5.32 Å². The molecule has 0 fully saturated rings. The lowest BCUT2D eigenvalue weighted by Gasteiger charge is -2.05. The predicted molar refractivity (Wildman–Crippen MR) is 75.4 cm³/mol. The van der Waals surface area contributed by atoms with Crippen molar-refractivity contribution in [3.05, 3.63) is 45.9 Å². The van der Waals surface area contributed by atoms with Crippen LogP contribution in [0, 0.1) is 11.8 Å². The van der Waals surface area contributed by atoms with Crippen LogP contribution >= 0.6 is 11.3 Å². The second-order valence-electron chi connectivity index (χ2n) is 3.79. The van der Waals surface area contributed by atoms with Gasteiger partial charge in [0.25, 0.3) is 5.91 Å². The van der Waals surface area contributed by atoms with Crippen molar-refractivity contribution in [3.63, 3.8) is 0 Å². The van der Waals surface area contributed by atoms with E-state index in [4.69, 9.17) is 5.11 Å². The number of nitrogens with zero attached hydrogens (tertiary/aromatic N) is 1. The van der Waals surface area contributed by atoms with Gasteiger partial charge in [0.1, 0.15) is 12.4 Å². The summed E-state index contributed by atoms with van der Waals surface area (Å²) in [6, 6.07) is 3.28. The molecule has 2 aromatic heterocycles. The number of rotatable bonds is 3. The summed E-state index contributed by atoms with van der Waals surface area (Å²) in [7, 11) is 0. The molecule has 0 radical (unpaired) electrons. The highest BCUT2D eigenvalue weighted by atomic mass is 32.1. The molecule has 3 N–H and O–H groups in total. The first-order chi connectivity index (χ1) is 9.72. The monoisotopic (exact) mass is 288 g/mol. The van der Waals surface area contributed by atoms with Crippen LogP contribution in [0.25, 0.3) is 0 Å². The molecule has 0 spiro atoms. The maximum absolute atomic E-state index is 11.9. The summed E-state index contributed by atoms with van der Waals surface area (Å²) in [6.45, 7) is 0.111. The van der Waals surface area contributed by atoms with E-state index in [1.807, 2.05) is 11.4 Å². The average Bonchev–Trinajstić information content (AvgIpc) is 2.90. The molecule has 0 saturated heterocycles. The fraction of sp³-hybridized carbons (Fsp3) is 0.143. The van der Waals surface area contributed by atoms with Crippen molar-refractivity contribution >= 4 is 17.2 Å². The summed E-state index contributed by atoms with van der Waals surface area (Å²) in [5.74, 6) is 4.86. The van der Waals surface area contributed by atoms with E-state index in [1.54, 1.807) is 0 Å². The summed E-state index contributed by atoms with van der Waals surface area (Å²) in [4.78, 5) is 16.5. The minimum atomic E-state index is -0.376. The van der Waals surface area contributed by atoms with Crippen molar-refractivity contribution in [3.8, 4) is 17.6 Å². The molecule has 0 atom stereocenters. The first-order valence-electron chi connectivity index (χ1n) is 5.79. The lowest BCUT2D eigenvalue weighted by molar-refractivity contribution is 0.0948. The Hall–Kier alpha value is -2.36. The number of hydrogen-bond donors (Lipinski definition) is 3. The Balaban J connectivity index is 2.04. The second-order valence-corrected chi connectivity index (χ2v) is 4.79. The Morgan fingerprint density at radius 2 is 2.30 bits per heavy atom. The molecule has 2 heterocycles. The molecule has 2 aromatic rings. The van der Waals surface area contributed by atoms with Crippen molar-refractivity contribution in [1.82, 2.24) is 10.3 Å². The molecule has 0 aromatic carbocycles. The van der Waals surface area contributed by atoms with Crippen molar-refractivity contribution < 1.29 is 15.0 Å². The topological polar surface area (TPSA) is 82.5 Å². The van der Waals surface area contributed by atoms with Crippen molar-refractivity contribution in [2.45, 2.75) is 6.54 Å². The van der Waals surface area contributed by atoms with Crippen molar-refractivity contribution in [1.29, 1.82) is 0 Å². The standard InChI is InChI=1S/C14H12N2O3S/c17-6-1-2-10-4-7-20-13(10)9-16-14(19)11-3-5-15-8-12(11)18/h3-5,7-8,17-18H,6,9H2,(H,16,19). The average molecular weight is 288 g/mol. The van der Waals surface area contributed by atoms with E-state index in [1.165, 1.54) is 29.8 Å². The van der Waals surface area contributed by atoms with Crippen molar-refractivity contribution in [2.75, 3.05) is 6.61 Å². The van der Waals surface area contributed by atoms with Gasteiger partial charge in [0.2, 0.25) is 0 Å². The number of aromatic hydroxyl groups is 1. The molecule has 20 heavy (non-hydrogen) atoms. The third-order valence-electron chi connectivity index (χ3n) is 2.50. The number of nitrogens with one attached hydrogen (secondary N) is 1. The van der Waals surface area contributed by atoms with E-state index in [0.29, 0.717) is 6.54 Å². The highest BCUT2D eigenvalue weighted by Gasteiger charge is 2.11. The number of aliphatic hydroxyl groups is 1. The largest absolute Gasteiger partial charge is 0.505 e. The van der Waals surface area contributed by atoms with Gasteiger partial charge in [-0.05, 0) is 17.5 Å². The zero-order valence-corrected chi connectivity index (χ0v) is 11.3. The summed E-state index contributed by atoms with van der Waals surface area (Å²) in [5.41, 5.74) is 0.961.